The van der Waals surface area contributed by atoms with E-state index in [2.05, 4.69) is 5.32 Å². The van der Waals surface area contributed by atoms with E-state index in [4.69, 9.17) is 13.9 Å². The average molecular weight is 373 g/mol. The van der Waals surface area contributed by atoms with Gasteiger partial charge >= 0.3 is 0 Å². The molecule has 2 rings (SSSR count). The molecule has 10 heteroatoms. The van der Waals surface area contributed by atoms with Gasteiger partial charge in [-0.3, -0.25) is 25.0 Å². The van der Waals surface area contributed by atoms with Gasteiger partial charge < -0.3 is 13.9 Å². The number of ketones is 1. The second kappa shape index (κ2) is 7.57. The molecule has 1 N–H and O–H groups in total. The predicted octanol–water partition coefficient (Wildman–Crippen LogP) is 2.84. The van der Waals surface area contributed by atoms with Gasteiger partial charge in [-0.25, -0.2) is 0 Å². The Labute approximate surface area is 153 Å². The van der Waals surface area contributed by atoms with E-state index in [0.717, 1.165) is 12.1 Å². The molecule has 1 aromatic carbocycles. The smallest absolute Gasteiger partial charge is 0.286 e. The Balaban J connectivity index is 2.54. The zero-order valence-electron chi connectivity index (χ0n) is 14.9. The second-order valence-corrected chi connectivity index (χ2v) is 5.34. The summed E-state index contributed by atoms with van der Waals surface area (Å²) in [6, 6.07) is 3.98. The second-order valence-electron chi connectivity index (χ2n) is 5.34. The third-order valence-electron chi connectivity index (χ3n) is 3.72. The van der Waals surface area contributed by atoms with Crippen molar-refractivity contribution in [3.8, 4) is 17.6 Å². The molecule has 0 aliphatic carbocycles. The van der Waals surface area contributed by atoms with Crippen molar-refractivity contribution in [2.24, 2.45) is 0 Å². The summed E-state index contributed by atoms with van der Waals surface area (Å²) in [5, 5.41) is 22.9. The van der Waals surface area contributed by atoms with Crippen LogP contribution in [-0.4, -0.2) is 30.8 Å². The van der Waals surface area contributed by atoms with Gasteiger partial charge in [0.2, 0.25) is 5.88 Å². The van der Waals surface area contributed by atoms with E-state index in [1.165, 1.54) is 28.1 Å². The minimum Gasteiger partial charge on any atom is -0.493 e. The molecule has 0 saturated heterocycles. The molecular formula is C17H15N3O7. The normalized spacial score (nSPS) is 10.0. The number of hydrogen-bond acceptors (Lipinski definition) is 8. The van der Waals surface area contributed by atoms with Gasteiger partial charge in [0.25, 0.3) is 11.6 Å². The molecule has 0 bridgehead atoms. The van der Waals surface area contributed by atoms with Crippen molar-refractivity contribution in [3.05, 3.63) is 44.7 Å². The third-order valence-corrected chi connectivity index (χ3v) is 3.72. The van der Waals surface area contributed by atoms with Crippen LogP contribution in [0.4, 0.5) is 11.6 Å². The number of methoxy groups -OCH3 is 2. The lowest BCUT2D eigenvalue weighted by Crippen LogP contribution is -2.15. The molecule has 0 spiro atoms. The van der Waals surface area contributed by atoms with Gasteiger partial charge in [-0.2, -0.15) is 5.26 Å². The lowest BCUT2D eigenvalue weighted by atomic mass is 10.1. The molecule has 1 amide bonds. The third kappa shape index (κ3) is 3.57. The number of ether oxygens (including phenoxy) is 2. The monoisotopic (exact) mass is 373 g/mol. The Kier molecular flexibility index (Phi) is 5.45. The first-order valence-electron chi connectivity index (χ1n) is 7.51. The van der Waals surface area contributed by atoms with E-state index in [1.54, 1.807) is 6.07 Å². The minimum absolute atomic E-state index is 0.0367. The Bertz CT molecular complexity index is 985. The lowest BCUT2D eigenvalue weighted by molar-refractivity contribution is -0.385. The topological polar surface area (TPSA) is 145 Å². The van der Waals surface area contributed by atoms with E-state index >= 15 is 0 Å². The number of nitro benzene ring substituents is 1. The van der Waals surface area contributed by atoms with Crippen molar-refractivity contribution >= 4 is 23.3 Å². The average Bonchev–Trinajstić information content (AvgIpc) is 2.95. The number of carbonyl (C=O) groups excluding carboxylic acids is 2. The van der Waals surface area contributed by atoms with Crippen LogP contribution in [0.3, 0.4) is 0 Å². The fourth-order valence-electron chi connectivity index (χ4n) is 2.53. The van der Waals surface area contributed by atoms with Crippen LogP contribution in [0.15, 0.2) is 16.5 Å². The first-order chi connectivity index (χ1) is 12.7. The summed E-state index contributed by atoms with van der Waals surface area (Å²) in [4.78, 5) is 34.8. The van der Waals surface area contributed by atoms with Crippen molar-refractivity contribution in [2.75, 3.05) is 19.5 Å². The van der Waals surface area contributed by atoms with Gasteiger partial charge in [-0.05, 0) is 13.8 Å². The van der Waals surface area contributed by atoms with Crippen molar-refractivity contribution in [2.45, 2.75) is 13.8 Å². The van der Waals surface area contributed by atoms with Crippen LogP contribution in [0.2, 0.25) is 0 Å². The van der Waals surface area contributed by atoms with E-state index in [1.807, 2.05) is 0 Å². The molecule has 2 aromatic rings. The summed E-state index contributed by atoms with van der Waals surface area (Å²) in [7, 11) is 2.61. The number of furan rings is 1. The number of aryl methyl sites for hydroxylation is 1. The molecule has 140 valence electrons. The van der Waals surface area contributed by atoms with Gasteiger partial charge in [0, 0.05) is 6.07 Å². The van der Waals surface area contributed by atoms with Crippen LogP contribution in [0, 0.1) is 28.4 Å². The maximum atomic E-state index is 12.6. The van der Waals surface area contributed by atoms with E-state index in [0.29, 0.717) is 0 Å². The molecule has 1 heterocycles. The number of nitriles is 1. The fourth-order valence-corrected chi connectivity index (χ4v) is 2.53. The maximum Gasteiger partial charge on any atom is 0.286 e. The quantitative estimate of drug-likeness (QED) is 0.462. The summed E-state index contributed by atoms with van der Waals surface area (Å²) in [6.45, 7) is 2.72. The zero-order chi connectivity index (χ0) is 20.3. The molecule has 0 unspecified atom stereocenters. The number of rotatable bonds is 6. The molecule has 0 fully saturated rings. The number of Topliss-reactive ketones (excluding diaryl/α,β-unsaturated/α-hetero) is 1. The van der Waals surface area contributed by atoms with Crippen LogP contribution < -0.4 is 14.8 Å². The number of nitrogens with zero attached hydrogens (tertiary/aromatic N) is 2. The molecule has 0 saturated carbocycles. The van der Waals surface area contributed by atoms with Crippen molar-refractivity contribution < 1.29 is 28.4 Å². The molecular weight excluding hydrogens is 358 g/mol. The summed E-state index contributed by atoms with van der Waals surface area (Å²) in [5.41, 5.74) is -0.982. The first kappa shape index (κ1) is 19.5. The predicted molar refractivity (Wildman–Crippen MR) is 92.3 cm³/mol. The Morgan fingerprint density at radius 1 is 1.26 bits per heavy atom. The Morgan fingerprint density at radius 2 is 1.85 bits per heavy atom. The minimum atomic E-state index is -0.914. The highest BCUT2D eigenvalue weighted by molar-refractivity contribution is 6.08. The summed E-state index contributed by atoms with van der Waals surface area (Å²) >= 11 is 0. The Morgan fingerprint density at radius 3 is 2.33 bits per heavy atom. The Hall–Kier alpha value is -3.87. The van der Waals surface area contributed by atoms with Crippen LogP contribution in [0.25, 0.3) is 0 Å². The molecule has 0 radical (unpaired) electrons. The highest BCUT2D eigenvalue weighted by Gasteiger charge is 2.28. The largest absolute Gasteiger partial charge is 0.493 e. The van der Waals surface area contributed by atoms with Crippen LogP contribution in [0.1, 0.15) is 39.0 Å². The lowest BCUT2D eigenvalue weighted by Gasteiger charge is -2.10. The summed E-state index contributed by atoms with van der Waals surface area (Å²) in [6.07, 6.45) is 0. The van der Waals surface area contributed by atoms with Gasteiger partial charge in [-0.1, -0.05) is 0 Å². The van der Waals surface area contributed by atoms with Crippen LogP contribution in [0.5, 0.6) is 11.5 Å². The number of carbonyl (C=O) groups is 2. The van der Waals surface area contributed by atoms with E-state index in [-0.39, 0.29) is 39.8 Å². The van der Waals surface area contributed by atoms with Gasteiger partial charge in [0.05, 0.1) is 30.8 Å². The summed E-state index contributed by atoms with van der Waals surface area (Å²) in [5.74, 6) is -1.26. The fraction of sp³-hybridized carbons (Fsp3) is 0.235. The molecule has 0 aliphatic rings. The number of anilines is 1. The van der Waals surface area contributed by atoms with Crippen LogP contribution >= 0.6 is 0 Å². The molecule has 1 aromatic heterocycles. The number of benzene rings is 1. The highest BCUT2D eigenvalue weighted by atomic mass is 16.6. The van der Waals surface area contributed by atoms with E-state index < -0.39 is 22.3 Å². The van der Waals surface area contributed by atoms with Crippen molar-refractivity contribution in [3.63, 3.8) is 0 Å². The number of nitro groups is 1. The summed E-state index contributed by atoms with van der Waals surface area (Å²) < 4.78 is 15.4. The SMILES string of the molecule is COc1cc(C(=O)Nc2oc(C)c(C(C)=O)c2C#N)c([N+](=O)[O-])cc1OC. The number of nitrogens with one attached hydrogen (secondary N) is 1. The molecule has 0 aliphatic heterocycles. The highest BCUT2D eigenvalue weighted by Crippen LogP contribution is 2.35. The van der Waals surface area contributed by atoms with Crippen molar-refractivity contribution in [1.82, 2.24) is 0 Å². The van der Waals surface area contributed by atoms with Crippen LogP contribution in [-0.2, 0) is 0 Å². The molecule has 27 heavy (non-hydrogen) atoms. The zero-order valence-corrected chi connectivity index (χ0v) is 14.9. The number of amides is 1. The maximum absolute atomic E-state index is 12.6. The van der Waals surface area contributed by atoms with Crippen molar-refractivity contribution in [1.29, 1.82) is 5.26 Å². The van der Waals surface area contributed by atoms with Gasteiger partial charge in [0.1, 0.15) is 23.0 Å². The number of hydrogen-bond donors (Lipinski definition) is 1. The van der Waals surface area contributed by atoms with Gasteiger partial charge in [-0.15, -0.1) is 0 Å². The standard InChI is InChI=1S/C17H15N3O7/c1-8(21)15-9(2)27-17(11(15)7-18)19-16(22)10-5-13(25-3)14(26-4)6-12(10)20(23)24/h5-6H,1-4H3,(H,19,22). The van der Waals surface area contributed by atoms with E-state index in [9.17, 15) is 25.0 Å². The molecule has 10 nitrogen and oxygen atoms in total. The van der Waals surface area contributed by atoms with Gasteiger partial charge in [0.15, 0.2) is 17.3 Å². The first-order valence-corrected chi connectivity index (χ1v) is 7.51. The molecule has 0 atom stereocenters.